The molecule has 0 aliphatic carbocycles. The summed E-state index contributed by atoms with van der Waals surface area (Å²) in [6.45, 7) is 9.44. The average Bonchev–Trinajstić information content (AvgIpc) is 2.50. The Kier molecular flexibility index (Phi) is 5.84. The minimum Gasteiger partial charge on any atom is -0.460 e. The number of hydrogen-bond acceptors (Lipinski definition) is 3. The molecule has 0 radical (unpaired) electrons. The van der Waals surface area contributed by atoms with Crippen molar-refractivity contribution < 1.29 is 14.3 Å². The van der Waals surface area contributed by atoms with Crippen molar-refractivity contribution in [2.45, 2.75) is 39.2 Å². The van der Waals surface area contributed by atoms with Crippen molar-refractivity contribution in [3.8, 4) is 0 Å². The van der Waals surface area contributed by atoms with Gasteiger partial charge in [-0.1, -0.05) is 29.8 Å². The molecule has 0 saturated carbocycles. The summed E-state index contributed by atoms with van der Waals surface area (Å²) in [5, 5.41) is 0.612. The Bertz CT molecular complexity index is 676. The van der Waals surface area contributed by atoms with E-state index in [0.717, 1.165) is 5.56 Å². The zero-order valence-corrected chi connectivity index (χ0v) is 15.0. The van der Waals surface area contributed by atoms with Gasteiger partial charge < -0.3 is 9.64 Å². The Hall–Kier alpha value is -2.07. The van der Waals surface area contributed by atoms with Crippen molar-refractivity contribution in [3.05, 3.63) is 58.8 Å². The molecule has 1 aromatic carbocycles. The first-order valence-electron chi connectivity index (χ1n) is 7.93. The zero-order valence-electron chi connectivity index (χ0n) is 14.2. The van der Waals surface area contributed by atoms with Gasteiger partial charge in [-0.2, -0.15) is 0 Å². The third-order valence-corrected chi connectivity index (χ3v) is 4.22. The molecular weight excluding hydrogens is 326 g/mol. The number of amides is 1. The summed E-state index contributed by atoms with van der Waals surface area (Å²) >= 11 is 5.95. The molecule has 4 nitrogen and oxygen atoms in total. The first-order chi connectivity index (χ1) is 11.3. The highest BCUT2D eigenvalue weighted by atomic mass is 35.5. The fraction of sp³-hybridized carbons (Fsp3) is 0.368. The minimum absolute atomic E-state index is 0.0338. The second kappa shape index (κ2) is 7.67. The van der Waals surface area contributed by atoms with E-state index >= 15 is 0 Å². The number of carbonyl (C=O) groups excluding carboxylic acids is 2. The first-order valence-corrected chi connectivity index (χ1v) is 8.31. The van der Waals surface area contributed by atoms with Gasteiger partial charge in [-0.15, -0.1) is 6.58 Å². The quantitative estimate of drug-likeness (QED) is 0.596. The van der Waals surface area contributed by atoms with Crippen LogP contribution >= 0.6 is 11.6 Å². The molecule has 1 heterocycles. The molecule has 5 heteroatoms. The van der Waals surface area contributed by atoms with Crippen LogP contribution in [0.15, 0.2) is 48.2 Å². The third kappa shape index (κ3) is 3.88. The van der Waals surface area contributed by atoms with Crippen molar-refractivity contribution in [2.24, 2.45) is 0 Å². The van der Waals surface area contributed by atoms with E-state index in [9.17, 15) is 9.59 Å². The van der Waals surface area contributed by atoms with Crippen molar-refractivity contribution in [2.75, 3.05) is 6.54 Å². The molecule has 0 aromatic heterocycles. The van der Waals surface area contributed by atoms with Crippen molar-refractivity contribution >= 4 is 23.5 Å². The first kappa shape index (κ1) is 18.3. The normalized spacial score (nSPS) is 18.1. The number of carbonyl (C=O) groups is 2. The van der Waals surface area contributed by atoms with Gasteiger partial charge in [0.15, 0.2) is 0 Å². The number of rotatable bonds is 5. The predicted molar refractivity (Wildman–Crippen MR) is 94.6 cm³/mol. The second-order valence-electron chi connectivity index (χ2n) is 6.05. The number of halogens is 1. The van der Waals surface area contributed by atoms with Gasteiger partial charge in [-0.3, -0.25) is 4.79 Å². The van der Waals surface area contributed by atoms with E-state index < -0.39 is 0 Å². The molecule has 1 aromatic rings. The van der Waals surface area contributed by atoms with Crippen LogP contribution in [0.5, 0.6) is 0 Å². The fourth-order valence-electron chi connectivity index (χ4n) is 2.89. The predicted octanol–water partition coefficient (Wildman–Crippen LogP) is 4.07. The van der Waals surface area contributed by atoms with Gasteiger partial charge in [-0.05, 0) is 38.5 Å². The van der Waals surface area contributed by atoms with Crippen LogP contribution in [0.2, 0.25) is 5.02 Å². The van der Waals surface area contributed by atoms with E-state index in [1.165, 1.54) is 0 Å². The van der Waals surface area contributed by atoms with Gasteiger partial charge in [0.1, 0.15) is 0 Å². The Labute approximate surface area is 147 Å². The van der Waals surface area contributed by atoms with E-state index in [2.05, 4.69) is 6.58 Å². The lowest BCUT2D eigenvalue weighted by molar-refractivity contribution is -0.143. The summed E-state index contributed by atoms with van der Waals surface area (Å²) in [5.74, 6) is -0.750. The summed E-state index contributed by atoms with van der Waals surface area (Å²) in [5.41, 5.74) is 2.02. The highest BCUT2D eigenvalue weighted by Crippen LogP contribution is 2.37. The van der Waals surface area contributed by atoms with Crippen LogP contribution < -0.4 is 0 Å². The Morgan fingerprint density at radius 3 is 2.58 bits per heavy atom. The second-order valence-corrected chi connectivity index (χ2v) is 6.49. The van der Waals surface area contributed by atoms with Crippen LogP contribution in [0.4, 0.5) is 0 Å². The van der Waals surface area contributed by atoms with Gasteiger partial charge in [0, 0.05) is 29.6 Å². The largest absolute Gasteiger partial charge is 0.460 e. The monoisotopic (exact) mass is 347 g/mol. The van der Waals surface area contributed by atoms with Crippen molar-refractivity contribution in [1.82, 2.24) is 4.90 Å². The zero-order chi connectivity index (χ0) is 17.9. The molecule has 2 rings (SSSR count). The molecule has 0 N–H and O–H groups in total. The summed E-state index contributed by atoms with van der Waals surface area (Å²) < 4.78 is 5.41. The molecule has 24 heavy (non-hydrogen) atoms. The molecule has 0 bridgehead atoms. The van der Waals surface area contributed by atoms with Crippen LogP contribution in [-0.2, 0) is 14.3 Å². The lowest BCUT2D eigenvalue weighted by Crippen LogP contribution is -2.38. The molecule has 1 aliphatic rings. The van der Waals surface area contributed by atoms with Crippen LogP contribution in [0, 0.1) is 0 Å². The van der Waals surface area contributed by atoms with Gasteiger partial charge >= 0.3 is 5.97 Å². The maximum Gasteiger partial charge on any atom is 0.336 e. The number of hydrogen-bond donors (Lipinski definition) is 0. The fourth-order valence-corrected chi connectivity index (χ4v) is 3.01. The van der Waals surface area contributed by atoms with Crippen LogP contribution in [0.3, 0.4) is 0 Å². The average molecular weight is 348 g/mol. The Morgan fingerprint density at radius 2 is 2.04 bits per heavy atom. The minimum atomic E-state index is -0.385. The van der Waals surface area contributed by atoms with Crippen LogP contribution in [0.25, 0.3) is 0 Å². The lowest BCUT2D eigenvalue weighted by Gasteiger charge is -2.34. The lowest BCUT2D eigenvalue weighted by atomic mass is 9.83. The van der Waals surface area contributed by atoms with Gasteiger partial charge in [-0.25, -0.2) is 4.79 Å². The van der Waals surface area contributed by atoms with E-state index in [1.54, 1.807) is 43.9 Å². The van der Waals surface area contributed by atoms with E-state index in [1.807, 2.05) is 12.1 Å². The highest BCUT2D eigenvalue weighted by molar-refractivity contribution is 6.30. The topological polar surface area (TPSA) is 46.6 Å². The van der Waals surface area contributed by atoms with E-state index in [4.69, 9.17) is 16.3 Å². The molecular formula is C19H22ClNO3. The number of nitrogens with zero attached hydrogens (tertiary/aromatic N) is 1. The summed E-state index contributed by atoms with van der Waals surface area (Å²) in [7, 11) is 0. The standard InChI is InChI=1S/C19H22ClNO3/c1-5-10-21-13(4)18(19(23)24-12(2)3)16(11-17(21)22)14-6-8-15(20)9-7-14/h5-9,12,16H,1,10-11H2,2-4H3/t16-/m1/s1. The molecule has 0 fully saturated rings. The van der Waals surface area contributed by atoms with E-state index in [-0.39, 0.29) is 30.3 Å². The highest BCUT2D eigenvalue weighted by Gasteiger charge is 2.36. The number of esters is 1. The molecule has 0 saturated heterocycles. The van der Waals surface area contributed by atoms with Gasteiger partial charge in [0.25, 0.3) is 0 Å². The smallest absolute Gasteiger partial charge is 0.336 e. The number of benzene rings is 1. The van der Waals surface area contributed by atoms with Crippen LogP contribution in [-0.4, -0.2) is 29.4 Å². The van der Waals surface area contributed by atoms with Crippen LogP contribution in [0.1, 0.15) is 38.7 Å². The van der Waals surface area contributed by atoms with Gasteiger partial charge in [0.05, 0.1) is 11.7 Å². The SMILES string of the molecule is C=CCN1C(=O)C[C@H](c2ccc(Cl)cc2)C(C(=O)OC(C)C)=C1C. The molecule has 1 atom stereocenters. The number of allylic oxidation sites excluding steroid dienone is 1. The van der Waals surface area contributed by atoms with Crippen molar-refractivity contribution in [1.29, 1.82) is 0 Å². The third-order valence-electron chi connectivity index (χ3n) is 3.97. The van der Waals surface area contributed by atoms with Gasteiger partial charge in [0.2, 0.25) is 5.91 Å². The summed E-state index contributed by atoms with van der Waals surface area (Å²) in [6, 6.07) is 7.22. The summed E-state index contributed by atoms with van der Waals surface area (Å²) in [4.78, 5) is 26.7. The van der Waals surface area contributed by atoms with Crippen molar-refractivity contribution in [3.63, 3.8) is 0 Å². The molecule has 0 unspecified atom stereocenters. The maximum absolute atomic E-state index is 12.7. The number of ether oxygens (including phenoxy) is 1. The molecule has 0 spiro atoms. The maximum atomic E-state index is 12.7. The summed E-state index contributed by atoms with van der Waals surface area (Å²) in [6.07, 6.45) is 1.64. The molecule has 128 valence electrons. The Morgan fingerprint density at radius 1 is 1.42 bits per heavy atom. The molecule has 1 aliphatic heterocycles. The van der Waals surface area contributed by atoms with E-state index in [0.29, 0.717) is 22.8 Å². The molecule has 1 amide bonds. The Balaban J connectivity index is 2.51.